The average Bonchev–Trinajstić information content (AvgIpc) is 2.51. The fourth-order valence-electron chi connectivity index (χ4n) is 1.57. The van der Waals surface area contributed by atoms with E-state index in [0.29, 0.717) is 6.42 Å². The predicted molar refractivity (Wildman–Crippen MR) is 56.0 cm³/mol. The summed E-state index contributed by atoms with van der Waals surface area (Å²) in [5.74, 6) is 0.112. The largest absolute Gasteiger partial charge is 0.280 e. The number of nitrogens with zero attached hydrogens (tertiary/aromatic N) is 1. The third-order valence-corrected chi connectivity index (χ3v) is 2.23. The predicted octanol–water partition coefficient (Wildman–Crippen LogP) is 2.26. The summed E-state index contributed by atoms with van der Waals surface area (Å²) < 4.78 is 0. The van der Waals surface area contributed by atoms with Gasteiger partial charge in [0, 0.05) is 0 Å². The Labute approximate surface area is 83.2 Å². The minimum atomic E-state index is 0.112. The second-order valence-corrected chi connectivity index (χ2v) is 3.15. The summed E-state index contributed by atoms with van der Waals surface area (Å²) in [7, 11) is 0. The number of hydrogen-bond donors (Lipinski definition) is 0. The number of rotatable bonds is 1. The van der Waals surface area contributed by atoms with Crippen molar-refractivity contribution in [1.82, 2.24) is 0 Å². The molecule has 1 aliphatic rings. The lowest BCUT2D eigenvalue weighted by atomic mass is 10.2. The Hall–Kier alpha value is -1.79. The maximum Gasteiger partial charge on any atom is 0.236 e. The maximum atomic E-state index is 11.6. The molecule has 0 radical (unpaired) electrons. The SMILES string of the molecule is CC=C=CN1C(=O)Cc2ccccc21. The minimum absolute atomic E-state index is 0.112. The van der Waals surface area contributed by atoms with Crippen LogP contribution in [0, 0.1) is 0 Å². The first-order valence-corrected chi connectivity index (χ1v) is 4.60. The van der Waals surface area contributed by atoms with Crippen molar-refractivity contribution in [3.63, 3.8) is 0 Å². The monoisotopic (exact) mass is 185 g/mol. The van der Waals surface area contributed by atoms with Gasteiger partial charge in [-0.2, -0.15) is 0 Å². The van der Waals surface area contributed by atoms with Gasteiger partial charge in [0.25, 0.3) is 0 Å². The van der Waals surface area contributed by atoms with Crippen molar-refractivity contribution in [2.45, 2.75) is 13.3 Å². The molecule has 2 nitrogen and oxygen atoms in total. The van der Waals surface area contributed by atoms with Crippen LogP contribution in [0.25, 0.3) is 0 Å². The van der Waals surface area contributed by atoms with E-state index in [9.17, 15) is 4.79 Å². The zero-order valence-corrected chi connectivity index (χ0v) is 8.03. The fourth-order valence-corrected chi connectivity index (χ4v) is 1.57. The van der Waals surface area contributed by atoms with Crippen LogP contribution in [0.3, 0.4) is 0 Å². The fraction of sp³-hybridized carbons (Fsp3) is 0.167. The summed E-state index contributed by atoms with van der Waals surface area (Å²) in [6, 6.07) is 7.83. The number of benzene rings is 1. The van der Waals surface area contributed by atoms with Crippen LogP contribution >= 0.6 is 0 Å². The van der Waals surface area contributed by atoms with E-state index >= 15 is 0 Å². The van der Waals surface area contributed by atoms with Crippen LogP contribution in [0.15, 0.2) is 42.3 Å². The molecule has 1 aromatic carbocycles. The molecule has 1 heterocycles. The lowest BCUT2D eigenvalue weighted by molar-refractivity contribution is -0.116. The molecule has 14 heavy (non-hydrogen) atoms. The first-order chi connectivity index (χ1) is 6.83. The van der Waals surface area contributed by atoms with E-state index in [4.69, 9.17) is 0 Å². The van der Waals surface area contributed by atoms with Gasteiger partial charge in [0.2, 0.25) is 5.91 Å². The van der Waals surface area contributed by atoms with Gasteiger partial charge >= 0.3 is 0 Å². The Morgan fingerprint density at radius 1 is 1.43 bits per heavy atom. The van der Waals surface area contributed by atoms with Gasteiger partial charge < -0.3 is 0 Å². The number of carbonyl (C=O) groups excluding carboxylic acids is 1. The first kappa shape index (κ1) is 8.79. The molecule has 0 saturated carbocycles. The zero-order valence-electron chi connectivity index (χ0n) is 8.03. The van der Waals surface area contributed by atoms with E-state index in [2.05, 4.69) is 5.73 Å². The quantitative estimate of drug-likeness (QED) is 0.614. The maximum absolute atomic E-state index is 11.6. The lowest BCUT2D eigenvalue weighted by Gasteiger charge is -2.09. The van der Waals surface area contributed by atoms with E-state index in [1.807, 2.05) is 31.2 Å². The Balaban J connectivity index is 2.44. The molecular weight excluding hydrogens is 174 g/mol. The summed E-state index contributed by atoms with van der Waals surface area (Å²) in [6.45, 7) is 1.88. The van der Waals surface area contributed by atoms with Crippen molar-refractivity contribution >= 4 is 11.6 Å². The molecule has 1 aromatic rings. The topological polar surface area (TPSA) is 20.3 Å². The third kappa shape index (κ3) is 1.36. The minimum Gasteiger partial charge on any atom is -0.280 e. The standard InChI is InChI=1S/C12H11NO/c1-2-3-8-13-11-7-5-4-6-10(11)9-12(13)14/h2,4-8H,9H2,1H3. The van der Waals surface area contributed by atoms with Crippen LogP contribution in [-0.2, 0) is 11.2 Å². The highest BCUT2D eigenvalue weighted by atomic mass is 16.2. The normalized spacial score (nSPS) is 13.5. The zero-order chi connectivity index (χ0) is 9.97. The van der Waals surface area contributed by atoms with E-state index in [0.717, 1.165) is 11.3 Å². The number of para-hydroxylation sites is 1. The van der Waals surface area contributed by atoms with Gasteiger partial charge in [0.05, 0.1) is 18.3 Å². The summed E-state index contributed by atoms with van der Waals surface area (Å²) >= 11 is 0. The summed E-state index contributed by atoms with van der Waals surface area (Å²) in [5, 5.41) is 0. The molecule has 0 aromatic heterocycles. The van der Waals surface area contributed by atoms with Crippen molar-refractivity contribution in [3.05, 3.63) is 47.8 Å². The van der Waals surface area contributed by atoms with Crippen molar-refractivity contribution < 1.29 is 4.79 Å². The molecule has 1 amide bonds. The highest BCUT2D eigenvalue weighted by molar-refractivity contribution is 6.02. The van der Waals surface area contributed by atoms with Gasteiger partial charge in [-0.25, -0.2) is 0 Å². The number of fused-ring (bicyclic) bond motifs is 1. The third-order valence-electron chi connectivity index (χ3n) is 2.23. The van der Waals surface area contributed by atoms with Crippen molar-refractivity contribution in [3.8, 4) is 0 Å². The first-order valence-electron chi connectivity index (χ1n) is 4.60. The number of anilines is 1. The van der Waals surface area contributed by atoms with Crippen LogP contribution in [0.1, 0.15) is 12.5 Å². The van der Waals surface area contributed by atoms with Gasteiger partial charge in [-0.1, -0.05) is 18.2 Å². The molecule has 1 aliphatic heterocycles. The highest BCUT2D eigenvalue weighted by Crippen LogP contribution is 2.28. The molecule has 2 heteroatoms. The molecule has 0 N–H and O–H groups in total. The van der Waals surface area contributed by atoms with Gasteiger partial charge in [0.15, 0.2) is 0 Å². The molecule has 2 rings (SSSR count). The summed E-state index contributed by atoms with van der Waals surface area (Å²) in [6.07, 6.45) is 3.97. The van der Waals surface area contributed by atoms with Gasteiger partial charge in [0.1, 0.15) is 0 Å². The molecule has 0 bridgehead atoms. The van der Waals surface area contributed by atoms with Crippen LogP contribution in [-0.4, -0.2) is 5.91 Å². The number of allylic oxidation sites excluding steroid dienone is 1. The molecule has 0 saturated heterocycles. The van der Waals surface area contributed by atoms with Gasteiger partial charge in [-0.15, -0.1) is 5.73 Å². The summed E-state index contributed by atoms with van der Waals surface area (Å²) in [4.78, 5) is 13.2. The Kier molecular flexibility index (Phi) is 2.21. The molecular formula is C12H11NO. The molecule has 0 aliphatic carbocycles. The average molecular weight is 185 g/mol. The molecule has 0 atom stereocenters. The van der Waals surface area contributed by atoms with Crippen molar-refractivity contribution in [2.75, 3.05) is 4.90 Å². The molecule has 0 spiro atoms. The molecule has 70 valence electrons. The molecule has 0 unspecified atom stereocenters. The second-order valence-electron chi connectivity index (χ2n) is 3.15. The number of carbonyl (C=O) groups is 1. The van der Waals surface area contributed by atoms with Crippen LogP contribution < -0.4 is 4.90 Å². The lowest BCUT2D eigenvalue weighted by Crippen LogP contribution is -2.19. The van der Waals surface area contributed by atoms with E-state index < -0.39 is 0 Å². The van der Waals surface area contributed by atoms with Crippen molar-refractivity contribution in [1.29, 1.82) is 0 Å². The van der Waals surface area contributed by atoms with Crippen LogP contribution in [0.2, 0.25) is 0 Å². The number of hydrogen-bond acceptors (Lipinski definition) is 1. The van der Waals surface area contributed by atoms with Gasteiger partial charge in [-0.05, 0) is 24.6 Å². The number of amides is 1. The summed E-state index contributed by atoms with van der Waals surface area (Å²) in [5.41, 5.74) is 4.98. The van der Waals surface area contributed by atoms with Crippen LogP contribution in [0.5, 0.6) is 0 Å². The second kappa shape index (κ2) is 3.52. The van der Waals surface area contributed by atoms with Crippen molar-refractivity contribution in [2.24, 2.45) is 0 Å². The smallest absolute Gasteiger partial charge is 0.236 e. The highest BCUT2D eigenvalue weighted by Gasteiger charge is 2.24. The van der Waals surface area contributed by atoms with E-state index in [1.54, 1.807) is 17.2 Å². The van der Waals surface area contributed by atoms with E-state index in [1.165, 1.54) is 0 Å². The Morgan fingerprint density at radius 2 is 2.21 bits per heavy atom. The molecule has 0 fully saturated rings. The van der Waals surface area contributed by atoms with E-state index in [-0.39, 0.29) is 5.91 Å². The van der Waals surface area contributed by atoms with Crippen LogP contribution in [0.4, 0.5) is 5.69 Å². The Morgan fingerprint density at radius 3 is 3.00 bits per heavy atom. The Bertz CT molecular complexity index is 426. The van der Waals surface area contributed by atoms with Gasteiger partial charge in [-0.3, -0.25) is 9.69 Å².